The molecule has 1 rings (SSSR count). The minimum absolute atomic E-state index is 0.389. The number of nitrogens with zero attached hydrogens (tertiary/aromatic N) is 1. The molecule has 0 bridgehead atoms. The molecule has 14 heavy (non-hydrogen) atoms. The van der Waals surface area contributed by atoms with Gasteiger partial charge in [0, 0.05) is 5.46 Å². The highest BCUT2D eigenvalue weighted by Gasteiger charge is 2.35. The third-order valence-electron chi connectivity index (χ3n) is 2.56. The smallest absolute Gasteiger partial charge is 0.314 e. The van der Waals surface area contributed by atoms with Crippen LogP contribution in [0.25, 0.3) is 0 Å². The fourth-order valence-electron chi connectivity index (χ4n) is 0.738. The average Bonchev–Trinajstić information content (AvgIpc) is 2.50. The van der Waals surface area contributed by atoms with E-state index in [9.17, 15) is 5.11 Å². The van der Waals surface area contributed by atoms with Crippen LogP contribution in [0.3, 0.4) is 0 Å². The molecule has 78 valence electrons. The van der Waals surface area contributed by atoms with Gasteiger partial charge in [0.25, 0.3) is 0 Å². The van der Waals surface area contributed by atoms with Crippen LogP contribution in [0.5, 0.6) is 0 Å². The van der Waals surface area contributed by atoms with Crippen molar-refractivity contribution in [2.24, 2.45) is 0 Å². The molecule has 4 nitrogen and oxygen atoms in total. The predicted octanol–water partition coefficient (Wildman–Crippen LogP) is 0.218. The molecule has 0 aliphatic carbocycles. The lowest BCUT2D eigenvalue weighted by molar-refractivity contribution is -0.0893. The zero-order valence-electron chi connectivity index (χ0n) is 9.07. The Hall–Kier alpha value is -0.805. The summed E-state index contributed by atoms with van der Waals surface area (Å²) in [6.45, 7) is 7.14. The first-order chi connectivity index (χ1) is 6.33. The van der Waals surface area contributed by atoms with Gasteiger partial charge in [-0.1, -0.05) is 5.16 Å². The molecule has 0 saturated carbocycles. The van der Waals surface area contributed by atoms with Crippen molar-refractivity contribution in [3.8, 4) is 0 Å². The van der Waals surface area contributed by atoms with Crippen LogP contribution in [-0.4, -0.2) is 28.9 Å². The molecular weight excluding hydrogens is 181 g/mol. The fourth-order valence-corrected chi connectivity index (χ4v) is 0.738. The summed E-state index contributed by atoms with van der Waals surface area (Å²) in [6.07, 6.45) is 3.13. The van der Waals surface area contributed by atoms with E-state index in [0.29, 0.717) is 7.48 Å². The molecule has 0 unspecified atom stereocenters. The molecule has 1 aromatic heterocycles. The van der Waals surface area contributed by atoms with Gasteiger partial charge < -0.3 is 14.3 Å². The zero-order valence-corrected chi connectivity index (χ0v) is 9.07. The van der Waals surface area contributed by atoms with Gasteiger partial charge in [-0.3, -0.25) is 0 Å². The van der Waals surface area contributed by atoms with E-state index in [2.05, 4.69) is 9.68 Å². The minimum Gasteiger partial charge on any atom is -0.427 e. The topological polar surface area (TPSA) is 55.5 Å². The first kappa shape index (κ1) is 11.3. The molecule has 1 N–H and O–H groups in total. The van der Waals surface area contributed by atoms with Gasteiger partial charge >= 0.3 is 7.48 Å². The Morgan fingerprint density at radius 1 is 1.43 bits per heavy atom. The summed E-state index contributed by atoms with van der Waals surface area (Å²) in [4.78, 5) is 0. The van der Waals surface area contributed by atoms with Crippen molar-refractivity contribution >= 4 is 12.9 Å². The molecule has 0 saturated heterocycles. The van der Waals surface area contributed by atoms with Gasteiger partial charge in [-0.05, 0) is 27.7 Å². The summed E-state index contributed by atoms with van der Waals surface area (Å²) < 4.78 is 10.3. The maximum absolute atomic E-state index is 9.81. The monoisotopic (exact) mass is 197 g/mol. The molecular formula is C9H16BNO3. The second-order valence-corrected chi connectivity index (χ2v) is 4.39. The Labute approximate surface area is 84.5 Å². The third kappa shape index (κ3) is 2.59. The summed E-state index contributed by atoms with van der Waals surface area (Å²) in [7, 11) is 0.389. The minimum atomic E-state index is -0.885. The van der Waals surface area contributed by atoms with Gasteiger partial charge in [0.2, 0.25) is 0 Å². The highest BCUT2D eigenvalue weighted by Crippen LogP contribution is 2.24. The molecule has 1 heterocycles. The highest BCUT2D eigenvalue weighted by molar-refractivity contribution is 6.46. The van der Waals surface area contributed by atoms with E-state index in [4.69, 9.17) is 4.65 Å². The molecule has 0 atom stereocenters. The second kappa shape index (κ2) is 3.75. The Balaban J connectivity index is 2.53. The Morgan fingerprint density at radius 2 is 2.07 bits per heavy atom. The highest BCUT2D eigenvalue weighted by atomic mass is 16.5. The number of aliphatic hydroxyl groups is 1. The van der Waals surface area contributed by atoms with Crippen LogP contribution in [0.4, 0.5) is 0 Å². The van der Waals surface area contributed by atoms with Crippen molar-refractivity contribution in [1.29, 1.82) is 0 Å². The van der Waals surface area contributed by atoms with E-state index in [1.54, 1.807) is 20.0 Å². The summed E-state index contributed by atoms with van der Waals surface area (Å²) in [5.74, 6) is 0. The maximum atomic E-state index is 9.81. The first-order valence-electron chi connectivity index (χ1n) is 4.57. The van der Waals surface area contributed by atoms with Crippen molar-refractivity contribution < 1.29 is 14.3 Å². The molecule has 5 heteroatoms. The molecule has 1 aromatic rings. The van der Waals surface area contributed by atoms with Crippen molar-refractivity contribution in [3.63, 3.8) is 0 Å². The van der Waals surface area contributed by atoms with Crippen molar-refractivity contribution in [1.82, 2.24) is 5.16 Å². The van der Waals surface area contributed by atoms with Gasteiger partial charge in [-0.25, -0.2) is 0 Å². The van der Waals surface area contributed by atoms with Crippen LogP contribution in [0.2, 0.25) is 0 Å². The average molecular weight is 197 g/mol. The van der Waals surface area contributed by atoms with Gasteiger partial charge in [0.15, 0.2) is 0 Å². The molecule has 0 spiro atoms. The summed E-state index contributed by atoms with van der Waals surface area (Å²) in [5, 5.41) is 13.4. The van der Waals surface area contributed by atoms with Crippen molar-refractivity contribution in [3.05, 3.63) is 12.5 Å². The van der Waals surface area contributed by atoms with E-state index in [0.717, 1.165) is 5.46 Å². The zero-order chi connectivity index (χ0) is 10.8. The van der Waals surface area contributed by atoms with Crippen LogP contribution in [0, 0.1) is 0 Å². The fraction of sp³-hybridized carbons (Fsp3) is 0.667. The van der Waals surface area contributed by atoms with Gasteiger partial charge in [0.05, 0.1) is 17.4 Å². The lowest BCUT2D eigenvalue weighted by Gasteiger charge is -2.37. The standard InChI is InChI=1S/C9H16BNO3/c1-8(2,12)9(3,4)14-10-7-5-11-13-6-7/h5-6,10,12H,1-4H3. The maximum Gasteiger partial charge on any atom is 0.314 e. The normalized spacial score (nSPS) is 12.9. The number of rotatable bonds is 4. The molecule has 0 amide bonds. The Morgan fingerprint density at radius 3 is 2.50 bits per heavy atom. The third-order valence-corrected chi connectivity index (χ3v) is 2.56. The van der Waals surface area contributed by atoms with Crippen LogP contribution in [0.1, 0.15) is 27.7 Å². The van der Waals surface area contributed by atoms with Crippen LogP contribution in [-0.2, 0) is 4.65 Å². The lowest BCUT2D eigenvalue weighted by atomic mass is 9.84. The number of hydrogen-bond acceptors (Lipinski definition) is 4. The summed E-state index contributed by atoms with van der Waals surface area (Å²) >= 11 is 0. The lowest BCUT2D eigenvalue weighted by Crippen LogP contribution is -2.49. The molecule has 0 radical (unpaired) electrons. The Bertz CT molecular complexity index is 277. The summed E-state index contributed by atoms with van der Waals surface area (Å²) in [5.41, 5.74) is -0.628. The quantitative estimate of drug-likeness (QED) is 0.701. The SMILES string of the molecule is CC(C)(O)C(C)(C)OBc1cnoc1. The second-order valence-electron chi connectivity index (χ2n) is 4.39. The van der Waals surface area contributed by atoms with Crippen LogP contribution >= 0.6 is 0 Å². The predicted molar refractivity (Wildman–Crippen MR) is 54.7 cm³/mol. The van der Waals surface area contributed by atoms with Gasteiger partial charge in [-0.2, -0.15) is 0 Å². The van der Waals surface area contributed by atoms with E-state index < -0.39 is 11.2 Å². The molecule has 0 aliphatic heterocycles. The van der Waals surface area contributed by atoms with E-state index in [1.165, 1.54) is 6.26 Å². The van der Waals surface area contributed by atoms with Crippen molar-refractivity contribution in [2.75, 3.05) is 0 Å². The first-order valence-corrected chi connectivity index (χ1v) is 4.57. The molecule has 0 fully saturated rings. The summed E-state index contributed by atoms with van der Waals surface area (Å²) in [6, 6.07) is 0. The molecule has 0 aliphatic rings. The van der Waals surface area contributed by atoms with Crippen LogP contribution < -0.4 is 5.46 Å². The Kier molecular flexibility index (Phi) is 3.02. The number of aromatic nitrogens is 1. The van der Waals surface area contributed by atoms with Crippen LogP contribution in [0.15, 0.2) is 17.0 Å². The largest absolute Gasteiger partial charge is 0.427 e. The van der Waals surface area contributed by atoms with Crippen molar-refractivity contribution in [2.45, 2.75) is 38.9 Å². The van der Waals surface area contributed by atoms with E-state index >= 15 is 0 Å². The van der Waals surface area contributed by atoms with E-state index in [-0.39, 0.29) is 0 Å². The molecule has 0 aromatic carbocycles. The van der Waals surface area contributed by atoms with E-state index in [1.807, 2.05) is 13.8 Å². The number of hydrogen-bond donors (Lipinski definition) is 1. The van der Waals surface area contributed by atoms with Gasteiger partial charge in [0.1, 0.15) is 6.26 Å². The van der Waals surface area contributed by atoms with Gasteiger partial charge in [-0.15, -0.1) is 0 Å².